The second-order valence-corrected chi connectivity index (χ2v) is 6.48. The highest BCUT2D eigenvalue weighted by atomic mass is 16.1. The Labute approximate surface area is 133 Å². The number of carbonyl (C=O) groups excluding carboxylic acids is 1. The molecule has 2 aliphatic rings. The predicted octanol–water partition coefficient (Wildman–Crippen LogP) is 3.15. The maximum Gasteiger partial charge on any atom is 0.238 e. The summed E-state index contributed by atoms with van der Waals surface area (Å²) in [5.74, 6) is 0.0661. The Morgan fingerprint density at radius 3 is 2.55 bits per heavy atom. The minimum absolute atomic E-state index is 0.0661. The van der Waals surface area contributed by atoms with Gasteiger partial charge in [0.2, 0.25) is 5.91 Å². The largest absolute Gasteiger partial charge is 0.370 e. The molecule has 2 N–H and O–H groups in total. The lowest BCUT2D eigenvalue weighted by Crippen LogP contribution is -2.35. The van der Waals surface area contributed by atoms with E-state index in [1.54, 1.807) is 0 Å². The number of nitrogens with zero attached hydrogens (tertiary/aromatic N) is 1. The molecule has 1 amide bonds. The lowest BCUT2D eigenvalue weighted by atomic mass is 10.1. The topological polar surface area (TPSA) is 44.4 Å². The van der Waals surface area contributed by atoms with Gasteiger partial charge in [0.05, 0.1) is 17.9 Å². The summed E-state index contributed by atoms with van der Waals surface area (Å²) < 4.78 is 0. The van der Waals surface area contributed by atoms with Crippen molar-refractivity contribution in [3.8, 4) is 0 Å². The van der Waals surface area contributed by atoms with E-state index in [0.29, 0.717) is 12.6 Å². The molecule has 0 atom stereocenters. The van der Waals surface area contributed by atoms with Crippen LogP contribution in [0.4, 0.5) is 11.4 Å². The average Bonchev–Trinajstić information content (AvgIpc) is 3.08. The van der Waals surface area contributed by atoms with Crippen LogP contribution in [0.15, 0.2) is 24.3 Å². The number of para-hydroxylation sites is 2. The first-order chi connectivity index (χ1) is 10.8. The van der Waals surface area contributed by atoms with Crippen LogP contribution in [0, 0.1) is 0 Å². The van der Waals surface area contributed by atoms with Crippen molar-refractivity contribution in [1.29, 1.82) is 0 Å². The van der Waals surface area contributed by atoms with Gasteiger partial charge in [-0.05, 0) is 44.2 Å². The molecule has 22 heavy (non-hydrogen) atoms. The SMILES string of the molecule is O=C(CNC1CCCC1)Nc1ccccc1N1CCCCC1. The van der Waals surface area contributed by atoms with E-state index < -0.39 is 0 Å². The van der Waals surface area contributed by atoms with Crippen LogP contribution in [0.25, 0.3) is 0 Å². The molecule has 0 bridgehead atoms. The van der Waals surface area contributed by atoms with Gasteiger partial charge < -0.3 is 15.5 Å². The smallest absolute Gasteiger partial charge is 0.238 e. The molecular formula is C18H27N3O. The zero-order valence-electron chi connectivity index (χ0n) is 13.3. The van der Waals surface area contributed by atoms with Crippen LogP contribution in [0.1, 0.15) is 44.9 Å². The van der Waals surface area contributed by atoms with Crippen molar-refractivity contribution < 1.29 is 4.79 Å². The van der Waals surface area contributed by atoms with Gasteiger partial charge in [-0.2, -0.15) is 0 Å². The van der Waals surface area contributed by atoms with E-state index in [1.165, 1.54) is 44.9 Å². The lowest BCUT2D eigenvalue weighted by Gasteiger charge is -2.30. The molecule has 0 radical (unpaired) electrons. The molecule has 120 valence electrons. The van der Waals surface area contributed by atoms with Crippen molar-refractivity contribution in [1.82, 2.24) is 5.32 Å². The van der Waals surface area contributed by atoms with Crippen LogP contribution in [-0.4, -0.2) is 31.6 Å². The fraction of sp³-hybridized carbons (Fsp3) is 0.611. The van der Waals surface area contributed by atoms with Gasteiger partial charge >= 0.3 is 0 Å². The molecule has 1 saturated carbocycles. The van der Waals surface area contributed by atoms with Gasteiger partial charge in [0.25, 0.3) is 0 Å². The van der Waals surface area contributed by atoms with Crippen molar-refractivity contribution >= 4 is 17.3 Å². The summed E-state index contributed by atoms with van der Waals surface area (Å²) in [4.78, 5) is 14.6. The van der Waals surface area contributed by atoms with Gasteiger partial charge in [0.1, 0.15) is 0 Å². The van der Waals surface area contributed by atoms with Crippen LogP contribution >= 0.6 is 0 Å². The first-order valence-corrected chi connectivity index (χ1v) is 8.70. The van der Waals surface area contributed by atoms with E-state index in [0.717, 1.165) is 24.5 Å². The van der Waals surface area contributed by atoms with Gasteiger partial charge in [-0.15, -0.1) is 0 Å². The third-order valence-electron chi connectivity index (χ3n) is 4.78. The Hall–Kier alpha value is -1.55. The number of anilines is 2. The second kappa shape index (κ2) is 7.63. The second-order valence-electron chi connectivity index (χ2n) is 6.48. The molecule has 1 saturated heterocycles. The number of rotatable bonds is 5. The molecule has 1 aliphatic heterocycles. The van der Waals surface area contributed by atoms with Gasteiger partial charge in [-0.3, -0.25) is 4.79 Å². The molecule has 3 rings (SSSR count). The van der Waals surface area contributed by atoms with E-state index in [4.69, 9.17) is 0 Å². The standard InChI is InChI=1S/C18H27N3O/c22-18(14-19-15-8-2-3-9-15)20-16-10-4-5-11-17(16)21-12-6-1-7-13-21/h4-5,10-11,15,19H,1-3,6-9,12-14H2,(H,20,22). The van der Waals surface area contributed by atoms with Crippen LogP contribution < -0.4 is 15.5 Å². The fourth-order valence-electron chi connectivity index (χ4n) is 3.55. The molecule has 1 aromatic carbocycles. The van der Waals surface area contributed by atoms with Crippen molar-refractivity contribution in [2.75, 3.05) is 29.9 Å². The highest BCUT2D eigenvalue weighted by Crippen LogP contribution is 2.28. The highest BCUT2D eigenvalue weighted by molar-refractivity contribution is 5.95. The Morgan fingerprint density at radius 1 is 1.05 bits per heavy atom. The van der Waals surface area contributed by atoms with E-state index in [9.17, 15) is 4.79 Å². The number of nitrogens with one attached hydrogen (secondary N) is 2. The number of piperidine rings is 1. The highest BCUT2D eigenvalue weighted by Gasteiger charge is 2.17. The average molecular weight is 301 g/mol. The summed E-state index contributed by atoms with van der Waals surface area (Å²) >= 11 is 0. The first kappa shape index (κ1) is 15.3. The van der Waals surface area contributed by atoms with Crippen LogP contribution in [0.5, 0.6) is 0 Å². The first-order valence-electron chi connectivity index (χ1n) is 8.70. The molecule has 0 aromatic heterocycles. The fourth-order valence-corrected chi connectivity index (χ4v) is 3.55. The maximum atomic E-state index is 12.2. The third-order valence-corrected chi connectivity index (χ3v) is 4.78. The third kappa shape index (κ3) is 4.01. The van der Waals surface area contributed by atoms with Crippen LogP contribution in [0.3, 0.4) is 0 Å². The molecule has 1 aromatic rings. The van der Waals surface area contributed by atoms with Gasteiger partial charge in [0, 0.05) is 19.1 Å². The number of benzene rings is 1. The van der Waals surface area contributed by atoms with E-state index in [2.05, 4.69) is 27.7 Å². The van der Waals surface area contributed by atoms with Crippen LogP contribution in [-0.2, 0) is 4.79 Å². The van der Waals surface area contributed by atoms with E-state index >= 15 is 0 Å². The van der Waals surface area contributed by atoms with Crippen molar-refractivity contribution in [2.24, 2.45) is 0 Å². The van der Waals surface area contributed by atoms with Crippen molar-refractivity contribution in [2.45, 2.75) is 51.0 Å². The summed E-state index contributed by atoms with van der Waals surface area (Å²) in [6.07, 6.45) is 8.79. The number of carbonyl (C=O) groups is 1. The van der Waals surface area contributed by atoms with Gasteiger partial charge in [-0.25, -0.2) is 0 Å². The monoisotopic (exact) mass is 301 g/mol. The molecule has 0 unspecified atom stereocenters. The molecule has 4 nitrogen and oxygen atoms in total. The summed E-state index contributed by atoms with van der Waals surface area (Å²) in [5, 5.41) is 6.46. The molecular weight excluding hydrogens is 274 g/mol. The summed E-state index contributed by atoms with van der Waals surface area (Å²) in [6.45, 7) is 2.60. The molecule has 1 aliphatic carbocycles. The van der Waals surface area contributed by atoms with Crippen LogP contribution in [0.2, 0.25) is 0 Å². The summed E-state index contributed by atoms with van der Waals surface area (Å²) in [6, 6.07) is 8.70. The quantitative estimate of drug-likeness (QED) is 0.878. The Morgan fingerprint density at radius 2 is 1.77 bits per heavy atom. The molecule has 4 heteroatoms. The normalized spacial score (nSPS) is 19.4. The minimum Gasteiger partial charge on any atom is -0.370 e. The number of hydrogen-bond donors (Lipinski definition) is 2. The zero-order chi connectivity index (χ0) is 15.2. The molecule has 0 spiro atoms. The minimum atomic E-state index is 0.0661. The Kier molecular flexibility index (Phi) is 5.33. The Balaban J connectivity index is 1.57. The van der Waals surface area contributed by atoms with E-state index in [-0.39, 0.29) is 5.91 Å². The van der Waals surface area contributed by atoms with Gasteiger partial charge in [0.15, 0.2) is 0 Å². The molecule has 2 fully saturated rings. The van der Waals surface area contributed by atoms with Gasteiger partial charge in [-0.1, -0.05) is 25.0 Å². The predicted molar refractivity (Wildman–Crippen MR) is 91.4 cm³/mol. The van der Waals surface area contributed by atoms with Crippen molar-refractivity contribution in [3.05, 3.63) is 24.3 Å². The summed E-state index contributed by atoms with van der Waals surface area (Å²) in [7, 11) is 0. The number of amides is 1. The zero-order valence-corrected chi connectivity index (χ0v) is 13.3. The van der Waals surface area contributed by atoms with Crippen molar-refractivity contribution in [3.63, 3.8) is 0 Å². The Bertz CT molecular complexity index is 491. The lowest BCUT2D eigenvalue weighted by molar-refractivity contribution is -0.115. The maximum absolute atomic E-state index is 12.2. The summed E-state index contributed by atoms with van der Waals surface area (Å²) in [5.41, 5.74) is 2.11. The number of hydrogen-bond acceptors (Lipinski definition) is 3. The van der Waals surface area contributed by atoms with E-state index in [1.807, 2.05) is 12.1 Å². The molecule has 1 heterocycles.